The highest BCUT2D eigenvalue weighted by Crippen LogP contribution is 2.26. The summed E-state index contributed by atoms with van der Waals surface area (Å²) in [7, 11) is -3.78. The molecular formula is C14H22ClFN2O2S. The summed E-state index contributed by atoms with van der Waals surface area (Å²) in [5, 5.41) is 0. The van der Waals surface area contributed by atoms with E-state index >= 15 is 0 Å². The van der Waals surface area contributed by atoms with E-state index in [2.05, 4.69) is 0 Å². The van der Waals surface area contributed by atoms with Crippen LogP contribution in [0.2, 0.25) is 0 Å². The lowest BCUT2D eigenvalue weighted by Gasteiger charge is -2.33. The Balaban J connectivity index is 0.00000220. The van der Waals surface area contributed by atoms with Crippen molar-refractivity contribution in [1.29, 1.82) is 0 Å². The number of hydrogen-bond donors (Lipinski definition) is 1. The van der Waals surface area contributed by atoms with Gasteiger partial charge in [-0.25, -0.2) is 12.8 Å². The van der Waals surface area contributed by atoms with Gasteiger partial charge in [-0.1, -0.05) is 6.07 Å². The summed E-state index contributed by atoms with van der Waals surface area (Å²) in [5.41, 5.74) is 6.60. The molecule has 2 N–H and O–H groups in total. The minimum atomic E-state index is -3.78. The first kappa shape index (κ1) is 18.4. The van der Waals surface area contributed by atoms with E-state index in [-0.39, 0.29) is 29.3 Å². The molecule has 120 valence electrons. The summed E-state index contributed by atoms with van der Waals surface area (Å²) in [4.78, 5) is -0.233. The van der Waals surface area contributed by atoms with E-state index in [1.807, 2.05) is 6.92 Å². The molecule has 0 spiro atoms. The van der Waals surface area contributed by atoms with E-state index in [0.717, 1.165) is 18.4 Å². The Bertz CT molecular complexity index is 593. The maximum Gasteiger partial charge on any atom is 0.246 e. The molecule has 2 rings (SSSR count). The number of nitrogens with zero attached hydrogens (tertiary/aromatic N) is 1. The van der Waals surface area contributed by atoms with Crippen LogP contribution in [0.5, 0.6) is 0 Å². The fourth-order valence-electron chi connectivity index (χ4n) is 2.57. The molecule has 1 saturated heterocycles. The topological polar surface area (TPSA) is 63.4 Å². The predicted molar refractivity (Wildman–Crippen MR) is 83.5 cm³/mol. The van der Waals surface area contributed by atoms with Gasteiger partial charge in [0, 0.05) is 19.1 Å². The standard InChI is InChI=1S/C14H21FN2O2S.ClH/c1-10-5-6-13(15)14(8-10)20(18,19)17-7-3-4-12(9-17)11(2)16;/h5-6,8,11-12H,3-4,7,9,16H2,1-2H3;1H. The highest BCUT2D eigenvalue weighted by atomic mass is 35.5. The molecule has 0 aliphatic carbocycles. The first-order valence-corrected chi connectivity index (χ1v) is 8.28. The van der Waals surface area contributed by atoms with Crippen molar-refractivity contribution in [1.82, 2.24) is 4.31 Å². The maximum atomic E-state index is 13.8. The average molecular weight is 337 g/mol. The van der Waals surface area contributed by atoms with E-state index in [1.165, 1.54) is 16.4 Å². The van der Waals surface area contributed by atoms with Crippen LogP contribution in [-0.2, 0) is 10.0 Å². The Kier molecular flexibility index (Phi) is 6.16. The van der Waals surface area contributed by atoms with Crippen molar-refractivity contribution in [3.63, 3.8) is 0 Å². The van der Waals surface area contributed by atoms with Crippen molar-refractivity contribution >= 4 is 22.4 Å². The molecule has 1 heterocycles. The average Bonchev–Trinajstić information content (AvgIpc) is 2.41. The van der Waals surface area contributed by atoms with Gasteiger partial charge in [-0.3, -0.25) is 0 Å². The van der Waals surface area contributed by atoms with Crippen LogP contribution in [0.25, 0.3) is 0 Å². The SMILES string of the molecule is Cc1ccc(F)c(S(=O)(=O)N2CCCC(C(C)N)C2)c1.Cl. The molecule has 0 saturated carbocycles. The zero-order valence-electron chi connectivity index (χ0n) is 12.3. The molecular weight excluding hydrogens is 315 g/mol. The fraction of sp³-hybridized carbons (Fsp3) is 0.571. The van der Waals surface area contributed by atoms with Crippen LogP contribution in [0, 0.1) is 18.7 Å². The number of rotatable bonds is 3. The smallest absolute Gasteiger partial charge is 0.246 e. The molecule has 1 aromatic rings. The zero-order chi connectivity index (χ0) is 14.9. The van der Waals surface area contributed by atoms with Gasteiger partial charge in [0.05, 0.1) is 0 Å². The molecule has 0 radical (unpaired) electrons. The van der Waals surface area contributed by atoms with Crippen molar-refractivity contribution in [2.75, 3.05) is 13.1 Å². The third kappa shape index (κ3) is 3.94. The number of benzene rings is 1. The van der Waals surface area contributed by atoms with E-state index < -0.39 is 15.8 Å². The first-order chi connectivity index (χ1) is 9.32. The van der Waals surface area contributed by atoms with Gasteiger partial charge in [0.15, 0.2) is 0 Å². The quantitative estimate of drug-likeness (QED) is 0.921. The number of sulfonamides is 1. The Hall–Kier alpha value is -0.690. The number of hydrogen-bond acceptors (Lipinski definition) is 3. The van der Waals surface area contributed by atoms with Crippen molar-refractivity contribution in [3.05, 3.63) is 29.6 Å². The van der Waals surface area contributed by atoms with Crippen LogP contribution >= 0.6 is 12.4 Å². The highest BCUT2D eigenvalue weighted by Gasteiger charge is 2.33. The van der Waals surface area contributed by atoms with Gasteiger partial charge in [-0.2, -0.15) is 4.31 Å². The van der Waals surface area contributed by atoms with E-state index in [9.17, 15) is 12.8 Å². The monoisotopic (exact) mass is 336 g/mol. The Morgan fingerprint density at radius 1 is 1.43 bits per heavy atom. The van der Waals surface area contributed by atoms with Gasteiger partial charge >= 0.3 is 0 Å². The summed E-state index contributed by atoms with van der Waals surface area (Å²) >= 11 is 0. The van der Waals surface area contributed by atoms with Crippen molar-refractivity contribution in [2.24, 2.45) is 11.7 Å². The second-order valence-electron chi connectivity index (χ2n) is 5.56. The molecule has 2 atom stereocenters. The Labute approximate surface area is 132 Å². The summed E-state index contributed by atoms with van der Waals surface area (Å²) in [6, 6.07) is 4.10. The molecule has 0 aromatic heterocycles. The molecule has 2 unspecified atom stereocenters. The van der Waals surface area contributed by atoms with E-state index in [1.54, 1.807) is 13.0 Å². The normalized spacial score (nSPS) is 21.6. The number of nitrogens with two attached hydrogens (primary N) is 1. The lowest BCUT2D eigenvalue weighted by molar-refractivity contribution is 0.242. The Morgan fingerprint density at radius 3 is 2.71 bits per heavy atom. The van der Waals surface area contributed by atoms with Gasteiger partial charge < -0.3 is 5.73 Å². The van der Waals surface area contributed by atoms with Crippen LogP contribution in [0.4, 0.5) is 4.39 Å². The summed E-state index contributed by atoms with van der Waals surface area (Å²) < 4.78 is 40.4. The van der Waals surface area contributed by atoms with Crippen LogP contribution in [0.3, 0.4) is 0 Å². The van der Waals surface area contributed by atoms with E-state index in [0.29, 0.717) is 13.1 Å². The lowest BCUT2D eigenvalue weighted by Crippen LogP contribution is -2.45. The molecule has 0 bridgehead atoms. The Morgan fingerprint density at radius 2 is 2.10 bits per heavy atom. The first-order valence-electron chi connectivity index (χ1n) is 6.84. The zero-order valence-corrected chi connectivity index (χ0v) is 13.9. The maximum absolute atomic E-state index is 13.8. The summed E-state index contributed by atoms with van der Waals surface area (Å²) in [5.74, 6) is -0.565. The van der Waals surface area contributed by atoms with Crippen LogP contribution in [0.15, 0.2) is 23.1 Å². The highest BCUT2D eigenvalue weighted by molar-refractivity contribution is 7.89. The van der Waals surface area contributed by atoms with Crippen LogP contribution < -0.4 is 5.73 Å². The molecule has 4 nitrogen and oxygen atoms in total. The van der Waals surface area contributed by atoms with Gasteiger partial charge in [-0.05, 0) is 50.3 Å². The largest absolute Gasteiger partial charge is 0.328 e. The number of halogens is 2. The molecule has 21 heavy (non-hydrogen) atoms. The minimum Gasteiger partial charge on any atom is -0.328 e. The summed E-state index contributed by atoms with van der Waals surface area (Å²) in [6.07, 6.45) is 1.68. The third-order valence-electron chi connectivity index (χ3n) is 3.87. The molecule has 1 aliphatic rings. The number of aryl methyl sites for hydroxylation is 1. The van der Waals surface area contributed by atoms with Gasteiger partial charge in [0.1, 0.15) is 10.7 Å². The van der Waals surface area contributed by atoms with Crippen molar-refractivity contribution in [3.8, 4) is 0 Å². The van der Waals surface area contributed by atoms with Gasteiger partial charge in [-0.15, -0.1) is 12.4 Å². The van der Waals surface area contributed by atoms with E-state index in [4.69, 9.17) is 5.73 Å². The molecule has 1 aliphatic heterocycles. The lowest BCUT2D eigenvalue weighted by atomic mass is 9.93. The number of piperidine rings is 1. The predicted octanol–water partition coefficient (Wildman–Crippen LogP) is 2.30. The van der Waals surface area contributed by atoms with Gasteiger partial charge in [0.2, 0.25) is 10.0 Å². The molecule has 1 aromatic carbocycles. The second kappa shape index (κ2) is 7.05. The van der Waals surface area contributed by atoms with Crippen molar-refractivity contribution in [2.45, 2.75) is 37.6 Å². The minimum absolute atomic E-state index is 0. The molecule has 1 fully saturated rings. The molecule has 0 amide bonds. The van der Waals surface area contributed by atoms with Crippen LogP contribution in [-0.4, -0.2) is 31.9 Å². The van der Waals surface area contributed by atoms with Gasteiger partial charge in [0.25, 0.3) is 0 Å². The van der Waals surface area contributed by atoms with Crippen LogP contribution in [0.1, 0.15) is 25.3 Å². The second-order valence-corrected chi connectivity index (χ2v) is 7.46. The fourth-order valence-corrected chi connectivity index (χ4v) is 4.25. The van der Waals surface area contributed by atoms with Crippen molar-refractivity contribution < 1.29 is 12.8 Å². The summed E-state index contributed by atoms with van der Waals surface area (Å²) in [6.45, 7) is 4.43. The third-order valence-corrected chi connectivity index (χ3v) is 5.75. The molecule has 7 heteroatoms.